The summed E-state index contributed by atoms with van der Waals surface area (Å²) in [4.78, 5) is 24.4. The lowest BCUT2D eigenvalue weighted by atomic mass is 9.95. The van der Waals surface area contributed by atoms with Crippen LogP contribution in [-0.2, 0) is 20.6 Å². The quantitative estimate of drug-likeness (QED) is 0.537. The minimum absolute atomic E-state index is 0.0174. The van der Waals surface area contributed by atoms with Crippen LogP contribution in [0.1, 0.15) is 83.9 Å². The summed E-state index contributed by atoms with van der Waals surface area (Å²) in [5.41, 5.74) is 4.93. The van der Waals surface area contributed by atoms with E-state index < -0.39 is 0 Å². The zero-order valence-electron chi connectivity index (χ0n) is 23.7. The first-order valence-corrected chi connectivity index (χ1v) is 14.7. The normalized spacial score (nSPS) is 26.5. The molecule has 3 aliphatic heterocycles. The number of methoxy groups -OCH3 is 1. The second-order valence-corrected chi connectivity index (χ2v) is 11.4. The number of piperidine rings is 1. The zero-order valence-corrected chi connectivity index (χ0v) is 23.7. The number of ether oxygens (including phenoxy) is 3. The van der Waals surface area contributed by atoms with Gasteiger partial charge in [0.05, 0.1) is 24.9 Å². The van der Waals surface area contributed by atoms with E-state index in [4.69, 9.17) is 14.2 Å². The van der Waals surface area contributed by atoms with Crippen molar-refractivity contribution < 1.29 is 19.0 Å². The lowest BCUT2D eigenvalue weighted by Gasteiger charge is -2.38. The van der Waals surface area contributed by atoms with Gasteiger partial charge in [-0.2, -0.15) is 0 Å². The average Bonchev–Trinajstić information content (AvgIpc) is 2.97. The number of hydrogen-bond acceptors (Lipinski definition) is 7. The van der Waals surface area contributed by atoms with Crippen molar-refractivity contribution in [1.29, 1.82) is 0 Å². The maximum absolute atomic E-state index is 13.5. The van der Waals surface area contributed by atoms with E-state index in [9.17, 15) is 4.79 Å². The molecule has 1 amide bonds. The van der Waals surface area contributed by atoms with Gasteiger partial charge >= 0.3 is 0 Å². The van der Waals surface area contributed by atoms with Crippen molar-refractivity contribution >= 4 is 5.91 Å². The summed E-state index contributed by atoms with van der Waals surface area (Å²) in [5, 5.41) is 3.76. The summed E-state index contributed by atoms with van der Waals surface area (Å²) in [5.74, 6) is 0.0174. The lowest BCUT2D eigenvalue weighted by molar-refractivity contribution is -0.0547. The second-order valence-electron chi connectivity index (χ2n) is 11.4. The molecule has 0 saturated carbocycles. The highest BCUT2D eigenvalue weighted by Crippen LogP contribution is 2.33. The fourth-order valence-corrected chi connectivity index (χ4v) is 6.23. The average molecular weight is 537 g/mol. The van der Waals surface area contributed by atoms with Gasteiger partial charge < -0.3 is 24.4 Å². The van der Waals surface area contributed by atoms with Crippen molar-refractivity contribution in [3.8, 4) is 0 Å². The van der Waals surface area contributed by atoms with E-state index in [0.717, 1.165) is 75.9 Å². The molecule has 8 nitrogen and oxygen atoms in total. The molecule has 1 aromatic heterocycles. The van der Waals surface area contributed by atoms with Gasteiger partial charge in [0.1, 0.15) is 12.0 Å². The Morgan fingerprint density at radius 3 is 2.64 bits per heavy atom. The van der Waals surface area contributed by atoms with E-state index >= 15 is 0 Å². The molecule has 0 spiro atoms. The monoisotopic (exact) mass is 536 g/mol. The third-order valence-electron chi connectivity index (χ3n) is 8.73. The summed E-state index contributed by atoms with van der Waals surface area (Å²) in [7, 11) is 1.75. The Morgan fingerprint density at radius 1 is 1.08 bits per heavy atom. The molecule has 212 valence electrons. The number of rotatable bonds is 8. The first kappa shape index (κ1) is 28.1. The maximum atomic E-state index is 13.5. The lowest BCUT2D eigenvalue weighted by Crippen LogP contribution is -2.54. The van der Waals surface area contributed by atoms with Gasteiger partial charge in [0.25, 0.3) is 5.91 Å². The smallest absolute Gasteiger partial charge is 0.272 e. The van der Waals surface area contributed by atoms with Crippen molar-refractivity contribution in [1.82, 2.24) is 20.2 Å². The summed E-state index contributed by atoms with van der Waals surface area (Å²) in [6, 6.07) is 9.39. The Bertz CT molecular complexity index is 1090. The minimum atomic E-state index is 0.0174. The highest BCUT2D eigenvalue weighted by Gasteiger charge is 2.31. The van der Waals surface area contributed by atoms with E-state index in [1.54, 1.807) is 13.4 Å². The van der Waals surface area contributed by atoms with Crippen LogP contribution in [0.3, 0.4) is 0 Å². The molecule has 3 fully saturated rings. The van der Waals surface area contributed by atoms with Crippen molar-refractivity contribution in [2.45, 2.75) is 95.6 Å². The van der Waals surface area contributed by atoms with E-state index in [1.807, 2.05) is 11.8 Å². The van der Waals surface area contributed by atoms with Gasteiger partial charge in [-0.1, -0.05) is 29.8 Å². The fraction of sp³-hybridized carbons (Fsp3) is 0.645. The largest absolute Gasteiger partial charge is 0.379 e. The van der Waals surface area contributed by atoms with E-state index in [2.05, 4.69) is 46.5 Å². The Hall–Kier alpha value is -2.39. The number of aryl methyl sites for hydroxylation is 2. The fourth-order valence-electron chi connectivity index (χ4n) is 6.23. The van der Waals surface area contributed by atoms with Crippen LogP contribution in [0.2, 0.25) is 0 Å². The molecular formula is C31H44N4O4. The molecular weight excluding hydrogens is 492 g/mol. The van der Waals surface area contributed by atoms with Gasteiger partial charge in [-0.05, 0) is 70.8 Å². The van der Waals surface area contributed by atoms with Crippen molar-refractivity contribution in [3.63, 3.8) is 0 Å². The van der Waals surface area contributed by atoms with Crippen LogP contribution in [0.5, 0.6) is 0 Å². The van der Waals surface area contributed by atoms with Gasteiger partial charge in [0.15, 0.2) is 0 Å². The number of likely N-dealkylation sites (tertiary alicyclic amines) is 1. The van der Waals surface area contributed by atoms with Gasteiger partial charge in [0, 0.05) is 50.1 Å². The van der Waals surface area contributed by atoms with Gasteiger partial charge in [-0.25, -0.2) is 9.97 Å². The highest BCUT2D eigenvalue weighted by atomic mass is 16.5. The number of carbonyl (C=O) groups is 1. The van der Waals surface area contributed by atoms with E-state index in [-0.39, 0.29) is 24.2 Å². The number of aromatic nitrogens is 2. The number of hydrogen-bond donors (Lipinski definition) is 1. The van der Waals surface area contributed by atoms with Crippen LogP contribution >= 0.6 is 0 Å². The molecule has 3 aliphatic rings. The third kappa shape index (κ3) is 7.04. The molecule has 0 aliphatic carbocycles. The van der Waals surface area contributed by atoms with Crippen LogP contribution in [0.25, 0.3) is 0 Å². The van der Waals surface area contributed by atoms with E-state index in [1.165, 1.54) is 17.5 Å². The van der Waals surface area contributed by atoms with E-state index in [0.29, 0.717) is 24.4 Å². The van der Waals surface area contributed by atoms with Crippen LogP contribution < -0.4 is 5.32 Å². The van der Waals surface area contributed by atoms with Crippen LogP contribution in [0, 0.1) is 13.8 Å². The Labute approximate surface area is 232 Å². The van der Waals surface area contributed by atoms with Gasteiger partial charge in [-0.3, -0.25) is 4.79 Å². The van der Waals surface area contributed by atoms with Gasteiger partial charge in [-0.15, -0.1) is 0 Å². The molecule has 8 heteroatoms. The molecule has 1 aromatic carbocycles. The number of benzene rings is 1. The predicted octanol–water partition coefficient (Wildman–Crippen LogP) is 4.33. The summed E-state index contributed by atoms with van der Waals surface area (Å²) < 4.78 is 17.6. The SMILES string of the molecule is CO[C@@H]1COCC[C@@H]1NC1CCN(C(=O)c2ncnc(CC[C@H]3CCC[C@@H](c4ccc(C)cc4)O3)c2C)CC1. The molecule has 39 heavy (non-hydrogen) atoms. The van der Waals surface area contributed by atoms with Crippen LogP contribution in [0.4, 0.5) is 0 Å². The summed E-state index contributed by atoms with van der Waals surface area (Å²) >= 11 is 0. The molecule has 0 bridgehead atoms. The maximum Gasteiger partial charge on any atom is 0.272 e. The predicted molar refractivity (Wildman–Crippen MR) is 150 cm³/mol. The number of carbonyl (C=O) groups excluding carboxylic acids is 1. The summed E-state index contributed by atoms with van der Waals surface area (Å²) in [6.07, 6.45) is 9.83. The molecule has 4 heterocycles. The Morgan fingerprint density at radius 2 is 1.87 bits per heavy atom. The molecule has 2 aromatic rings. The number of amides is 1. The van der Waals surface area contributed by atoms with Crippen molar-refractivity contribution in [3.05, 3.63) is 58.7 Å². The molecule has 0 unspecified atom stereocenters. The third-order valence-corrected chi connectivity index (χ3v) is 8.73. The van der Waals surface area contributed by atoms with Crippen molar-refractivity contribution in [2.75, 3.05) is 33.4 Å². The minimum Gasteiger partial charge on any atom is -0.379 e. The molecule has 3 saturated heterocycles. The van der Waals surface area contributed by atoms with Crippen LogP contribution in [0.15, 0.2) is 30.6 Å². The highest BCUT2D eigenvalue weighted by molar-refractivity contribution is 5.93. The van der Waals surface area contributed by atoms with Crippen LogP contribution in [-0.4, -0.2) is 78.5 Å². The Balaban J connectivity index is 1.13. The molecule has 1 N–H and O–H groups in total. The molecule has 5 rings (SSSR count). The first-order valence-electron chi connectivity index (χ1n) is 14.7. The topological polar surface area (TPSA) is 85.8 Å². The number of nitrogens with zero attached hydrogens (tertiary/aromatic N) is 3. The standard InChI is InChI=1S/C31H44N4O4/c1-21-7-9-23(10-8-21)28-6-4-5-25(39-28)11-12-26-22(2)30(33-20-32-26)31(36)35-16-13-24(14-17-35)34-27-15-18-38-19-29(27)37-3/h7-10,20,24-25,27-29,34H,4-6,11-19H2,1-3H3/t25-,27+,28+,29-/m1/s1. The number of nitrogens with one attached hydrogen (secondary N) is 1. The second kappa shape index (κ2) is 13.3. The first-order chi connectivity index (χ1) is 19.0. The molecule has 4 atom stereocenters. The molecule has 0 radical (unpaired) electrons. The van der Waals surface area contributed by atoms with Gasteiger partial charge in [0.2, 0.25) is 0 Å². The van der Waals surface area contributed by atoms with Crippen molar-refractivity contribution in [2.24, 2.45) is 0 Å². The zero-order chi connectivity index (χ0) is 27.2. The Kier molecular flexibility index (Phi) is 9.61. The summed E-state index contributed by atoms with van der Waals surface area (Å²) in [6.45, 7) is 6.97.